The number of nitrogens with zero attached hydrogens (tertiary/aromatic N) is 4. The number of rotatable bonds is 5. The molecule has 1 aliphatic heterocycles. The first-order valence-electron chi connectivity index (χ1n) is 7.96. The molecule has 2 aromatic heterocycles. The summed E-state index contributed by atoms with van der Waals surface area (Å²) in [6.45, 7) is 3.54. The maximum atomic E-state index is 12.0. The van der Waals surface area contributed by atoms with E-state index in [1.807, 2.05) is 30.0 Å². The van der Waals surface area contributed by atoms with Crippen molar-refractivity contribution in [2.75, 3.05) is 32.1 Å². The van der Waals surface area contributed by atoms with Crippen molar-refractivity contribution in [1.82, 2.24) is 20.1 Å². The van der Waals surface area contributed by atoms with Gasteiger partial charge in [0.1, 0.15) is 17.4 Å². The summed E-state index contributed by atoms with van der Waals surface area (Å²) in [6.07, 6.45) is 2.01. The Bertz CT molecular complexity index is 705. The predicted molar refractivity (Wildman–Crippen MR) is 92.6 cm³/mol. The van der Waals surface area contributed by atoms with Crippen LogP contribution >= 0.6 is 11.3 Å². The third-order valence-corrected chi connectivity index (χ3v) is 4.75. The zero-order chi connectivity index (χ0) is 16.9. The summed E-state index contributed by atoms with van der Waals surface area (Å²) >= 11 is 1.49. The highest BCUT2D eigenvalue weighted by molar-refractivity contribution is 7.15. The molecule has 128 valence electrons. The molecular formula is C16H21N5O2S. The number of amides is 1. The van der Waals surface area contributed by atoms with E-state index in [4.69, 9.17) is 9.72 Å². The van der Waals surface area contributed by atoms with Gasteiger partial charge in [0, 0.05) is 31.8 Å². The highest BCUT2D eigenvalue weighted by Crippen LogP contribution is 2.27. The molecule has 0 saturated carbocycles. The molecule has 0 aromatic carbocycles. The average molecular weight is 347 g/mol. The van der Waals surface area contributed by atoms with Crippen molar-refractivity contribution < 1.29 is 9.53 Å². The molecule has 0 unspecified atom stereocenters. The number of hydrogen-bond acceptors (Lipinski definition) is 7. The van der Waals surface area contributed by atoms with Gasteiger partial charge in [-0.2, -0.15) is 0 Å². The largest absolute Gasteiger partial charge is 0.375 e. The molecule has 0 radical (unpaired) electrons. The van der Waals surface area contributed by atoms with Crippen molar-refractivity contribution in [2.45, 2.75) is 25.7 Å². The second kappa shape index (κ2) is 7.67. The molecule has 3 rings (SSSR count). The number of piperidine rings is 1. The van der Waals surface area contributed by atoms with E-state index in [1.165, 1.54) is 11.3 Å². The van der Waals surface area contributed by atoms with E-state index in [0.29, 0.717) is 6.54 Å². The second-order valence-corrected chi connectivity index (χ2v) is 6.99. The first-order chi connectivity index (χ1) is 11.7. The minimum Gasteiger partial charge on any atom is -0.375 e. The number of anilines is 2. The number of carbonyl (C=O) groups is 1. The van der Waals surface area contributed by atoms with Gasteiger partial charge < -0.3 is 15.0 Å². The lowest BCUT2D eigenvalue weighted by molar-refractivity contribution is -0.136. The molecule has 0 bridgehead atoms. The van der Waals surface area contributed by atoms with Crippen LogP contribution in [0.1, 0.15) is 29.5 Å². The van der Waals surface area contributed by atoms with Crippen LogP contribution in [-0.4, -0.2) is 52.8 Å². The number of nitrogens with one attached hydrogen (secondary N) is 1. The average Bonchev–Trinajstić information content (AvgIpc) is 3.00. The normalized spacial score (nSPS) is 17.8. The Morgan fingerprint density at radius 1 is 1.46 bits per heavy atom. The molecule has 1 saturated heterocycles. The smallest absolute Gasteiger partial charge is 0.248 e. The molecule has 1 atom stereocenters. The van der Waals surface area contributed by atoms with Crippen molar-refractivity contribution in [1.29, 1.82) is 0 Å². The number of carbonyl (C=O) groups excluding carboxylic acids is 1. The van der Waals surface area contributed by atoms with Crippen LogP contribution in [0, 0.1) is 6.92 Å². The van der Waals surface area contributed by atoms with Crippen LogP contribution in [0.2, 0.25) is 0 Å². The number of methoxy groups -OCH3 is 1. The highest BCUT2D eigenvalue weighted by atomic mass is 32.1. The third-order valence-electron chi connectivity index (χ3n) is 3.99. The lowest BCUT2D eigenvalue weighted by Gasteiger charge is -2.32. The van der Waals surface area contributed by atoms with Crippen molar-refractivity contribution in [3.8, 4) is 0 Å². The molecule has 7 nitrogen and oxygen atoms in total. The Kier molecular flexibility index (Phi) is 5.37. The van der Waals surface area contributed by atoms with E-state index in [-0.39, 0.29) is 18.4 Å². The van der Waals surface area contributed by atoms with Crippen LogP contribution in [-0.2, 0) is 9.53 Å². The van der Waals surface area contributed by atoms with E-state index < -0.39 is 0 Å². The minimum absolute atomic E-state index is 0.0424. The fourth-order valence-electron chi connectivity index (χ4n) is 2.86. The highest BCUT2D eigenvalue weighted by Gasteiger charge is 2.25. The number of likely N-dealkylation sites (tertiary alicyclic amines) is 1. The Balaban J connectivity index is 1.70. The first kappa shape index (κ1) is 16.8. The SMILES string of the molecule is COCC(=O)N1CCC[C@H](c2cccc(Nc3nnc(C)s3)n2)C1. The lowest BCUT2D eigenvalue weighted by Crippen LogP contribution is -2.41. The van der Waals surface area contributed by atoms with Gasteiger partial charge in [0.25, 0.3) is 0 Å². The molecule has 8 heteroatoms. The molecule has 24 heavy (non-hydrogen) atoms. The Morgan fingerprint density at radius 2 is 2.33 bits per heavy atom. The molecule has 1 fully saturated rings. The summed E-state index contributed by atoms with van der Waals surface area (Å²) in [5, 5.41) is 12.9. The molecule has 1 N–H and O–H groups in total. The second-order valence-electron chi connectivity index (χ2n) is 5.81. The third kappa shape index (κ3) is 4.07. The van der Waals surface area contributed by atoms with E-state index in [9.17, 15) is 4.79 Å². The molecule has 1 aliphatic rings. The van der Waals surface area contributed by atoms with Gasteiger partial charge >= 0.3 is 0 Å². The summed E-state index contributed by atoms with van der Waals surface area (Å²) in [5.74, 6) is 1.04. The van der Waals surface area contributed by atoms with Gasteiger partial charge in [0.05, 0.1) is 0 Å². The van der Waals surface area contributed by atoms with Crippen LogP contribution in [0.4, 0.5) is 10.9 Å². The first-order valence-corrected chi connectivity index (χ1v) is 8.78. The number of aromatic nitrogens is 3. The molecular weight excluding hydrogens is 326 g/mol. The van der Waals surface area contributed by atoms with Crippen LogP contribution < -0.4 is 5.32 Å². The summed E-state index contributed by atoms with van der Waals surface area (Å²) in [7, 11) is 1.55. The molecule has 2 aromatic rings. The summed E-state index contributed by atoms with van der Waals surface area (Å²) in [4.78, 5) is 18.6. The minimum atomic E-state index is 0.0424. The van der Waals surface area contributed by atoms with Crippen molar-refractivity contribution in [2.24, 2.45) is 0 Å². The van der Waals surface area contributed by atoms with E-state index in [0.717, 1.165) is 41.0 Å². The molecule has 0 aliphatic carbocycles. The van der Waals surface area contributed by atoms with Gasteiger partial charge in [-0.1, -0.05) is 17.4 Å². The van der Waals surface area contributed by atoms with Crippen molar-refractivity contribution >= 4 is 28.2 Å². The van der Waals surface area contributed by atoms with Crippen LogP contribution in [0.15, 0.2) is 18.2 Å². The topological polar surface area (TPSA) is 80.2 Å². The maximum Gasteiger partial charge on any atom is 0.248 e. The van der Waals surface area contributed by atoms with Crippen LogP contribution in [0.25, 0.3) is 0 Å². The fraction of sp³-hybridized carbons (Fsp3) is 0.500. The Hall–Kier alpha value is -2.06. The molecule has 1 amide bonds. The molecule has 0 spiro atoms. The van der Waals surface area contributed by atoms with E-state index in [2.05, 4.69) is 15.5 Å². The van der Waals surface area contributed by atoms with Gasteiger partial charge in [-0.05, 0) is 31.9 Å². The van der Waals surface area contributed by atoms with E-state index >= 15 is 0 Å². The zero-order valence-electron chi connectivity index (χ0n) is 13.9. The summed E-state index contributed by atoms with van der Waals surface area (Å²) in [6, 6.07) is 5.91. The number of aryl methyl sites for hydroxylation is 1. The van der Waals surface area contributed by atoms with Gasteiger partial charge in [0.15, 0.2) is 0 Å². The van der Waals surface area contributed by atoms with Crippen LogP contribution in [0.5, 0.6) is 0 Å². The van der Waals surface area contributed by atoms with E-state index in [1.54, 1.807) is 7.11 Å². The zero-order valence-corrected chi connectivity index (χ0v) is 14.7. The summed E-state index contributed by atoms with van der Waals surface area (Å²) in [5.41, 5.74) is 0.996. The number of pyridine rings is 1. The van der Waals surface area contributed by atoms with Gasteiger partial charge in [0.2, 0.25) is 11.0 Å². The van der Waals surface area contributed by atoms with Crippen LogP contribution in [0.3, 0.4) is 0 Å². The van der Waals surface area contributed by atoms with Crippen molar-refractivity contribution in [3.63, 3.8) is 0 Å². The molecule has 3 heterocycles. The summed E-state index contributed by atoms with van der Waals surface area (Å²) < 4.78 is 4.96. The maximum absolute atomic E-state index is 12.0. The van der Waals surface area contributed by atoms with Gasteiger partial charge in [-0.3, -0.25) is 4.79 Å². The van der Waals surface area contributed by atoms with Gasteiger partial charge in [-0.25, -0.2) is 4.98 Å². The lowest BCUT2D eigenvalue weighted by atomic mass is 9.94. The predicted octanol–water partition coefficient (Wildman–Crippen LogP) is 2.34. The Labute approximate surface area is 145 Å². The Morgan fingerprint density at radius 3 is 3.08 bits per heavy atom. The van der Waals surface area contributed by atoms with Gasteiger partial charge in [-0.15, -0.1) is 10.2 Å². The van der Waals surface area contributed by atoms with Crippen molar-refractivity contribution in [3.05, 3.63) is 28.9 Å². The fourth-order valence-corrected chi connectivity index (χ4v) is 3.46. The monoisotopic (exact) mass is 347 g/mol. The number of ether oxygens (including phenoxy) is 1. The quantitative estimate of drug-likeness (QED) is 0.894. The number of hydrogen-bond donors (Lipinski definition) is 1. The standard InChI is InChI=1S/C16H21N5O2S/c1-11-19-20-16(24-11)18-14-7-3-6-13(17-14)12-5-4-8-21(9-12)15(22)10-23-2/h3,6-7,12H,4-5,8-10H2,1-2H3,(H,17,18,20)/t12-/m0/s1.